The minimum Gasteiger partial charge on any atom is -0.329 e. The lowest BCUT2D eigenvalue weighted by Gasteiger charge is -2.47. The second-order valence-electron chi connectivity index (χ2n) is 6.50. The van der Waals surface area contributed by atoms with Gasteiger partial charge in [-0.3, -0.25) is 4.90 Å². The van der Waals surface area contributed by atoms with Gasteiger partial charge in [0, 0.05) is 12.1 Å². The first-order valence-electron chi connectivity index (χ1n) is 7.59. The molecular weight excluding hydrogens is 208 g/mol. The molecule has 1 aliphatic carbocycles. The Kier molecular flexibility index (Phi) is 4.14. The minimum atomic E-state index is 0.349. The standard InChI is InChI=1S/C15H30N2/c1-4-15(11-16,14-5-6-14)17-9-7-13(8-10-17)12(2)3/h12-14H,4-11,16H2,1-3H3. The maximum atomic E-state index is 6.14. The Balaban J connectivity index is 1.98. The molecule has 0 aromatic rings. The molecule has 17 heavy (non-hydrogen) atoms. The highest BCUT2D eigenvalue weighted by molar-refractivity contribution is 5.03. The summed E-state index contributed by atoms with van der Waals surface area (Å²) in [5.41, 5.74) is 6.49. The van der Waals surface area contributed by atoms with Crippen LogP contribution in [0.5, 0.6) is 0 Å². The van der Waals surface area contributed by atoms with Crippen LogP contribution in [0.25, 0.3) is 0 Å². The third-order valence-electron chi connectivity index (χ3n) is 5.42. The van der Waals surface area contributed by atoms with Crippen molar-refractivity contribution in [1.29, 1.82) is 0 Å². The summed E-state index contributed by atoms with van der Waals surface area (Å²) in [5, 5.41) is 0. The molecule has 100 valence electrons. The summed E-state index contributed by atoms with van der Waals surface area (Å²) < 4.78 is 0. The largest absolute Gasteiger partial charge is 0.329 e. The van der Waals surface area contributed by atoms with Crippen LogP contribution >= 0.6 is 0 Å². The van der Waals surface area contributed by atoms with E-state index in [1.165, 1.54) is 45.2 Å². The molecule has 0 radical (unpaired) electrons. The molecule has 1 aliphatic heterocycles. The molecule has 2 nitrogen and oxygen atoms in total. The summed E-state index contributed by atoms with van der Waals surface area (Å²) in [6, 6.07) is 0. The zero-order valence-corrected chi connectivity index (χ0v) is 11.9. The molecule has 2 fully saturated rings. The van der Waals surface area contributed by atoms with Gasteiger partial charge in [0.1, 0.15) is 0 Å². The van der Waals surface area contributed by atoms with Crippen LogP contribution in [0.3, 0.4) is 0 Å². The van der Waals surface area contributed by atoms with Gasteiger partial charge in [-0.25, -0.2) is 0 Å². The van der Waals surface area contributed by atoms with Crippen molar-refractivity contribution in [3.05, 3.63) is 0 Å². The lowest BCUT2D eigenvalue weighted by Crippen LogP contribution is -2.57. The van der Waals surface area contributed by atoms with Gasteiger partial charge >= 0.3 is 0 Å². The molecule has 0 spiro atoms. The van der Waals surface area contributed by atoms with E-state index >= 15 is 0 Å². The first kappa shape index (κ1) is 13.4. The maximum absolute atomic E-state index is 6.14. The van der Waals surface area contributed by atoms with Crippen molar-refractivity contribution in [2.24, 2.45) is 23.5 Å². The van der Waals surface area contributed by atoms with Crippen LogP contribution in [0.4, 0.5) is 0 Å². The summed E-state index contributed by atoms with van der Waals surface area (Å²) in [4.78, 5) is 2.74. The Morgan fingerprint density at radius 3 is 2.12 bits per heavy atom. The van der Waals surface area contributed by atoms with Gasteiger partial charge < -0.3 is 5.73 Å². The summed E-state index contributed by atoms with van der Waals surface area (Å²) >= 11 is 0. The fourth-order valence-corrected chi connectivity index (χ4v) is 3.84. The number of hydrogen-bond donors (Lipinski definition) is 1. The third-order valence-corrected chi connectivity index (χ3v) is 5.42. The summed E-state index contributed by atoms with van der Waals surface area (Å²) in [5.74, 6) is 2.69. The number of piperidine rings is 1. The van der Waals surface area contributed by atoms with E-state index in [2.05, 4.69) is 25.7 Å². The van der Waals surface area contributed by atoms with E-state index in [0.29, 0.717) is 5.54 Å². The molecular formula is C15H30N2. The van der Waals surface area contributed by atoms with Gasteiger partial charge in [-0.05, 0) is 62.9 Å². The van der Waals surface area contributed by atoms with E-state index in [1.807, 2.05) is 0 Å². The molecule has 2 aliphatic rings. The zero-order chi connectivity index (χ0) is 12.5. The Morgan fingerprint density at radius 1 is 1.18 bits per heavy atom. The van der Waals surface area contributed by atoms with E-state index in [9.17, 15) is 0 Å². The van der Waals surface area contributed by atoms with Crippen LogP contribution < -0.4 is 5.73 Å². The minimum absolute atomic E-state index is 0.349. The predicted molar refractivity (Wildman–Crippen MR) is 73.9 cm³/mol. The van der Waals surface area contributed by atoms with E-state index < -0.39 is 0 Å². The van der Waals surface area contributed by atoms with E-state index in [1.54, 1.807) is 0 Å². The van der Waals surface area contributed by atoms with Crippen molar-refractivity contribution in [2.75, 3.05) is 19.6 Å². The van der Waals surface area contributed by atoms with Crippen molar-refractivity contribution in [1.82, 2.24) is 4.90 Å². The van der Waals surface area contributed by atoms with Crippen LogP contribution in [0, 0.1) is 17.8 Å². The lowest BCUT2D eigenvalue weighted by atomic mass is 9.81. The highest BCUT2D eigenvalue weighted by Crippen LogP contribution is 2.46. The first-order valence-corrected chi connectivity index (χ1v) is 7.59. The zero-order valence-electron chi connectivity index (χ0n) is 11.9. The summed E-state index contributed by atoms with van der Waals surface area (Å²) in [6.07, 6.45) is 6.82. The molecule has 1 heterocycles. The smallest absolute Gasteiger partial charge is 0.0357 e. The Hall–Kier alpha value is -0.0800. The van der Waals surface area contributed by atoms with Gasteiger partial charge in [-0.2, -0.15) is 0 Å². The molecule has 0 aromatic heterocycles. The van der Waals surface area contributed by atoms with Crippen LogP contribution in [0.15, 0.2) is 0 Å². The number of nitrogens with two attached hydrogens (primary N) is 1. The summed E-state index contributed by atoms with van der Waals surface area (Å²) in [7, 11) is 0. The Labute approximate surface area is 107 Å². The molecule has 1 saturated carbocycles. The molecule has 2 heteroatoms. The van der Waals surface area contributed by atoms with Crippen molar-refractivity contribution < 1.29 is 0 Å². The molecule has 1 atom stereocenters. The van der Waals surface area contributed by atoms with Crippen LogP contribution in [0.1, 0.15) is 52.9 Å². The van der Waals surface area contributed by atoms with E-state index in [-0.39, 0.29) is 0 Å². The van der Waals surface area contributed by atoms with Gasteiger partial charge in [0.2, 0.25) is 0 Å². The fraction of sp³-hybridized carbons (Fsp3) is 1.00. The quantitative estimate of drug-likeness (QED) is 0.798. The number of nitrogens with zero attached hydrogens (tertiary/aromatic N) is 1. The normalized spacial score (nSPS) is 27.4. The predicted octanol–water partition coefficient (Wildman–Crippen LogP) is 2.87. The Bertz CT molecular complexity index is 233. The SMILES string of the molecule is CCC(CN)(C1CC1)N1CCC(C(C)C)CC1. The molecule has 0 aromatic carbocycles. The monoisotopic (exact) mass is 238 g/mol. The van der Waals surface area contributed by atoms with Crippen molar-refractivity contribution in [3.63, 3.8) is 0 Å². The van der Waals surface area contributed by atoms with Gasteiger partial charge in [0.25, 0.3) is 0 Å². The van der Waals surface area contributed by atoms with Crippen molar-refractivity contribution in [3.8, 4) is 0 Å². The molecule has 1 unspecified atom stereocenters. The van der Waals surface area contributed by atoms with Gasteiger partial charge in [0.05, 0.1) is 0 Å². The Morgan fingerprint density at radius 2 is 1.76 bits per heavy atom. The third kappa shape index (κ3) is 2.53. The molecule has 2 N–H and O–H groups in total. The molecule has 0 amide bonds. The number of likely N-dealkylation sites (tertiary alicyclic amines) is 1. The topological polar surface area (TPSA) is 29.3 Å². The summed E-state index contributed by atoms with van der Waals surface area (Å²) in [6.45, 7) is 10.5. The van der Waals surface area contributed by atoms with E-state index in [4.69, 9.17) is 5.73 Å². The average Bonchev–Trinajstić information content (AvgIpc) is 3.17. The van der Waals surface area contributed by atoms with Gasteiger partial charge in [-0.1, -0.05) is 20.8 Å². The number of rotatable bonds is 5. The van der Waals surface area contributed by atoms with Crippen molar-refractivity contribution >= 4 is 0 Å². The molecule has 0 bridgehead atoms. The molecule has 1 saturated heterocycles. The van der Waals surface area contributed by atoms with Crippen molar-refractivity contribution in [2.45, 2.75) is 58.4 Å². The highest BCUT2D eigenvalue weighted by Gasteiger charge is 2.47. The first-order chi connectivity index (χ1) is 8.14. The maximum Gasteiger partial charge on any atom is 0.0357 e. The highest BCUT2D eigenvalue weighted by atomic mass is 15.2. The second-order valence-corrected chi connectivity index (χ2v) is 6.50. The van der Waals surface area contributed by atoms with Gasteiger partial charge in [-0.15, -0.1) is 0 Å². The average molecular weight is 238 g/mol. The van der Waals surface area contributed by atoms with Crippen LogP contribution in [-0.2, 0) is 0 Å². The van der Waals surface area contributed by atoms with Crippen LogP contribution in [-0.4, -0.2) is 30.1 Å². The van der Waals surface area contributed by atoms with E-state index in [0.717, 1.165) is 24.3 Å². The molecule has 2 rings (SSSR count). The lowest BCUT2D eigenvalue weighted by molar-refractivity contribution is 0.0273. The van der Waals surface area contributed by atoms with Crippen LogP contribution in [0.2, 0.25) is 0 Å². The van der Waals surface area contributed by atoms with Gasteiger partial charge in [0.15, 0.2) is 0 Å². The number of hydrogen-bond acceptors (Lipinski definition) is 2. The fourth-order valence-electron chi connectivity index (χ4n) is 3.84. The second kappa shape index (κ2) is 5.27.